The number of pyridine rings is 1. The van der Waals surface area contributed by atoms with Gasteiger partial charge in [-0.05, 0) is 43.2 Å². The fourth-order valence-electron chi connectivity index (χ4n) is 3.66. The summed E-state index contributed by atoms with van der Waals surface area (Å²) in [6, 6.07) is 11.3. The van der Waals surface area contributed by atoms with E-state index in [0.29, 0.717) is 23.2 Å². The average molecular weight is 422 g/mol. The zero-order chi connectivity index (χ0) is 20.3. The van der Waals surface area contributed by atoms with Crippen molar-refractivity contribution in [3.63, 3.8) is 0 Å². The third kappa shape index (κ3) is 3.78. The first-order valence-corrected chi connectivity index (χ1v) is 10.3. The Hall–Kier alpha value is -3.26. The van der Waals surface area contributed by atoms with E-state index >= 15 is 0 Å². The zero-order valence-electron chi connectivity index (χ0n) is 16.3. The maximum atomic E-state index is 6.06. The van der Waals surface area contributed by atoms with Gasteiger partial charge < -0.3 is 9.42 Å². The van der Waals surface area contributed by atoms with Crippen LogP contribution < -0.4 is 4.90 Å². The first kappa shape index (κ1) is 18.7. The van der Waals surface area contributed by atoms with Gasteiger partial charge in [-0.25, -0.2) is 0 Å². The summed E-state index contributed by atoms with van der Waals surface area (Å²) in [5.41, 5.74) is 1.84. The lowest BCUT2D eigenvalue weighted by molar-refractivity contribution is 0.422. The van der Waals surface area contributed by atoms with Crippen molar-refractivity contribution in [3.05, 3.63) is 59.6 Å². The molecule has 0 radical (unpaired) electrons. The first-order chi connectivity index (χ1) is 14.8. The highest BCUT2D eigenvalue weighted by Crippen LogP contribution is 2.26. The number of rotatable bonds is 5. The number of fused-ring (bicyclic) bond motifs is 1. The molecule has 5 rings (SSSR count). The van der Waals surface area contributed by atoms with Crippen molar-refractivity contribution < 1.29 is 4.52 Å². The fraction of sp³-hybridized carbons (Fsp3) is 0.286. The van der Waals surface area contributed by atoms with Crippen LogP contribution in [0.15, 0.2) is 53.3 Å². The van der Waals surface area contributed by atoms with Crippen LogP contribution >= 0.6 is 11.6 Å². The molecule has 0 saturated heterocycles. The van der Waals surface area contributed by atoms with E-state index < -0.39 is 0 Å². The quantitative estimate of drug-likeness (QED) is 0.483. The van der Waals surface area contributed by atoms with Crippen LogP contribution in [0.4, 0.5) is 5.95 Å². The molecule has 0 amide bonds. The second-order valence-corrected chi connectivity index (χ2v) is 7.62. The Morgan fingerprint density at radius 2 is 1.87 bits per heavy atom. The van der Waals surface area contributed by atoms with Gasteiger partial charge in [-0.15, -0.1) is 10.2 Å². The maximum absolute atomic E-state index is 6.06. The summed E-state index contributed by atoms with van der Waals surface area (Å²) in [5.74, 6) is 2.90. The molecule has 8 nitrogen and oxygen atoms in total. The van der Waals surface area contributed by atoms with E-state index in [0.717, 1.165) is 55.4 Å². The molecule has 152 valence electrons. The lowest BCUT2D eigenvalue weighted by atomic mass is 10.2. The third-order valence-electron chi connectivity index (χ3n) is 5.16. The van der Waals surface area contributed by atoms with Gasteiger partial charge >= 0.3 is 0 Å². The van der Waals surface area contributed by atoms with E-state index in [1.807, 2.05) is 36.4 Å². The molecule has 1 aromatic carbocycles. The van der Waals surface area contributed by atoms with Crippen LogP contribution in [0.25, 0.3) is 22.8 Å². The van der Waals surface area contributed by atoms with Crippen LogP contribution in [0.2, 0.25) is 5.02 Å². The summed E-state index contributed by atoms with van der Waals surface area (Å²) < 4.78 is 7.61. The van der Waals surface area contributed by atoms with Gasteiger partial charge in [-0.3, -0.25) is 9.55 Å². The molecule has 1 aliphatic rings. The Balaban J connectivity index is 1.34. The molecule has 0 saturated carbocycles. The average Bonchev–Trinajstić information content (AvgIpc) is 3.37. The normalized spacial score (nSPS) is 13.8. The minimum Gasteiger partial charge on any atom is -0.340 e. The van der Waals surface area contributed by atoms with Gasteiger partial charge in [-0.2, -0.15) is 4.98 Å². The van der Waals surface area contributed by atoms with Crippen molar-refractivity contribution >= 4 is 17.5 Å². The van der Waals surface area contributed by atoms with Gasteiger partial charge in [0.2, 0.25) is 5.95 Å². The van der Waals surface area contributed by atoms with E-state index in [2.05, 4.69) is 34.8 Å². The largest absolute Gasteiger partial charge is 0.340 e. The number of aromatic nitrogens is 6. The summed E-state index contributed by atoms with van der Waals surface area (Å²) in [5, 5.41) is 13.7. The van der Waals surface area contributed by atoms with E-state index in [-0.39, 0.29) is 0 Å². The van der Waals surface area contributed by atoms with Gasteiger partial charge in [0.25, 0.3) is 5.89 Å². The van der Waals surface area contributed by atoms with Gasteiger partial charge in [0.1, 0.15) is 0 Å². The van der Waals surface area contributed by atoms with Gasteiger partial charge in [0.05, 0.1) is 0 Å². The number of hydrogen-bond donors (Lipinski definition) is 0. The van der Waals surface area contributed by atoms with Gasteiger partial charge in [-0.1, -0.05) is 22.8 Å². The molecule has 0 aliphatic carbocycles. The standard InChI is InChI=1S/C21H20ClN7O/c22-17-5-3-4-16(14-17)20-24-18(27-30-20)8-13-28-11-1-2-12-29-19(25-26-21(28)29)15-6-9-23-10-7-15/h3-7,9-10,14H,1-2,8,11-13H2. The Morgan fingerprint density at radius 3 is 2.73 bits per heavy atom. The number of halogens is 1. The molecule has 3 aromatic heterocycles. The van der Waals surface area contributed by atoms with Crippen molar-refractivity contribution in [2.24, 2.45) is 0 Å². The Morgan fingerprint density at radius 1 is 1.00 bits per heavy atom. The van der Waals surface area contributed by atoms with E-state index in [1.165, 1.54) is 0 Å². The predicted molar refractivity (Wildman–Crippen MR) is 113 cm³/mol. The van der Waals surface area contributed by atoms with Gasteiger partial charge in [0, 0.05) is 54.6 Å². The molecule has 0 N–H and O–H groups in total. The summed E-state index contributed by atoms with van der Waals surface area (Å²) >= 11 is 6.06. The molecular weight excluding hydrogens is 402 g/mol. The van der Waals surface area contributed by atoms with Crippen molar-refractivity contribution in [2.45, 2.75) is 25.8 Å². The van der Waals surface area contributed by atoms with Crippen LogP contribution in [0.5, 0.6) is 0 Å². The van der Waals surface area contributed by atoms with Crippen molar-refractivity contribution in [1.29, 1.82) is 0 Å². The van der Waals surface area contributed by atoms with Crippen molar-refractivity contribution in [2.75, 3.05) is 18.0 Å². The predicted octanol–water partition coefficient (Wildman–Crippen LogP) is 3.89. The number of hydrogen-bond acceptors (Lipinski definition) is 7. The molecule has 9 heteroatoms. The number of nitrogens with zero attached hydrogens (tertiary/aromatic N) is 7. The highest BCUT2D eigenvalue weighted by Gasteiger charge is 2.22. The number of benzene rings is 1. The second-order valence-electron chi connectivity index (χ2n) is 7.18. The molecule has 0 unspecified atom stereocenters. The zero-order valence-corrected chi connectivity index (χ0v) is 17.0. The van der Waals surface area contributed by atoms with Crippen LogP contribution in [0.3, 0.4) is 0 Å². The lowest BCUT2D eigenvalue weighted by Crippen LogP contribution is -2.28. The molecule has 30 heavy (non-hydrogen) atoms. The first-order valence-electron chi connectivity index (χ1n) is 9.95. The summed E-state index contributed by atoms with van der Waals surface area (Å²) in [7, 11) is 0. The minimum absolute atomic E-state index is 0.478. The van der Waals surface area contributed by atoms with E-state index in [9.17, 15) is 0 Å². The Labute approximate surface area is 178 Å². The van der Waals surface area contributed by atoms with E-state index in [4.69, 9.17) is 16.1 Å². The molecule has 4 aromatic rings. The fourth-order valence-corrected chi connectivity index (χ4v) is 3.85. The van der Waals surface area contributed by atoms with Crippen LogP contribution in [-0.2, 0) is 13.0 Å². The Kier molecular flexibility index (Phi) is 5.15. The molecule has 0 fully saturated rings. The summed E-state index contributed by atoms with van der Waals surface area (Å²) in [6.07, 6.45) is 6.39. The lowest BCUT2D eigenvalue weighted by Gasteiger charge is -2.20. The maximum Gasteiger partial charge on any atom is 0.257 e. The molecule has 1 aliphatic heterocycles. The topological polar surface area (TPSA) is 85.8 Å². The van der Waals surface area contributed by atoms with E-state index in [1.54, 1.807) is 12.4 Å². The highest BCUT2D eigenvalue weighted by atomic mass is 35.5. The highest BCUT2D eigenvalue weighted by molar-refractivity contribution is 6.30. The monoisotopic (exact) mass is 421 g/mol. The number of anilines is 1. The Bertz CT molecular complexity index is 1140. The minimum atomic E-state index is 0.478. The summed E-state index contributed by atoms with van der Waals surface area (Å²) in [4.78, 5) is 10.9. The van der Waals surface area contributed by atoms with Crippen molar-refractivity contribution in [3.8, 4) is 22.8 Å². The molecule has 4 heterocycles. The smallest absolute Gasteiger partial charge is 0.257 e. The third-order valence-corrected chi connectivity index (χ3v) is 5.39. The van der Waals surface area contributed by atoms with Gasteiger partial charge in [0.15, 0.2) is 11.6 Å². The van der Waals surface area contributed by atoms with Crippen LogP contribution in [-0.4, -0.2) is 43.0 Å². The summed E-state index contributed by atoms with van der Waals surface area (Å²) in [6.45, 7) is 2.56. The van der Waals surface area contributed by atoms with Crippen LogP contribution in [0.1, 0.15) is 18.7 Å². The SMILES string of the molecule is Clc1cccc(-c2nc(CCN3CCCCn4c(-c5ccncc5)nnc43)no2)c1. The molecule has 0 atom stereocenters. The molecule has 0 spiro atoms. The molecular formula is C21H20ClN7O. The second kappa shape index (κ2) is 8.23. The van der Waals surface area contributed by atoms with Crippen LogP contribution in [0, 0.1) is 0 Å². The molecule has 0 bridgehead atoms. The van der Waals surface area contributed by atoms with Crippen molar-refractivity contribution in [1.82, 2.24) is 29.9 Å².